The summed E-state index contributed by atoms with van der Waals surface area (Å²) in [6, 6.07) is 17.2. The van der Waals surface area contributed by atoms with Crippen LogP contribution in [0.2, 0.25) is 0 Å². The Kier molecular flexibility index (Phi) is 9.39. The molecule has 4 aromatic carbocycles. The minimum absolute atomic E-state index is 0.0382. The van der Waals surface area contributed by atoms with Crippen LogP contribution in [0, 0.1) is 11.6 Å². The van der Waals surface area contributed by atoms with Gasteiger partial charge in [0.25, 0.3) is 0 Å². The highest BCUT2D eigenvalue weighted by molar-refractivity contribution is 7.98. The van der Waals surface area contributed by atoms with Gasteiger partial charge >= 0.3 is 6.18 Å². The Morgan fingerprint density at radius 3 is 2.30 bits per heavy atom. The zero-order valence-electron chi connectivity index (χ0n) is 35.7. The Hall–Kier alpha value is -4.52. The number of thioether (sulfide) groups is 1. The van der Waals surface area contributed by atoms with Crippen molar-refractivity contribution in [2.75, 3.05) is 33.3 Å². The molecule has 6 rings (SSSR count). The van der Waals surface area contributed by atoms with E-state index in [0.29, 0.717) is 11.1 Å². The van der Waals surface area contributed by atoms with Crippen molar-refractivity contribution in [1.82, 2.24) is 14.4 Å². The maximum Gasteiger partial charge on any atom is 0.416 e. The summed E-state index contributed by atoms with van der Waals surface area (Å²) in [5.74, 6) is -4.11. The summed E-state index contributed by atoms with van der Waals surface area (Å²) in [7, 11) is 1.36. The number of rotatable bonds is 12. The van der Waals surface area contributed by atoms with E-state index >= 15 is 4.79 Å². The molecule has 1 atom stereocenters. The van der Waals surface area contributed by atoms with Crippen molar-refractivity contribution in [2.24, 2.45) is 0 Å². The molecule has 0 bridgehead atoms. The second-order valence-electron chi connectivity index (χ2n) is 12.3. The zero-order chi connectivity index (χ0) is 44.0. The third-order valence-electron chi connectivity index (χ3n) is 9.00. The summed E-state index contributed by atoms with van der Waals surface area (Å²) in [6.07, 6.45) is -4.38. The Morgan fingerprint density at radius 1 is 0.981 bits per heavy atom. The normalized spacial score (nSPS) is 18.1. The lowest BCUT2D eigenvalue weighted by molar-refractivity contribution is -0.138. The van der Waals surface area contributed by atoms with Gasteiger partial charge in [0, 0.05) is 60.9 Å². The third kappa shape index (κ3) is 8.83. The highest BCUT2D eigenvalue weighted by Gasteiger charge is 2.33. The first-order valence-electron chi connectivity index (χ1n) is 20.2. The van der Waals surface area contributed by atoms with Crippen molar-refractivity contribution in [3.63, 3.8) is 0 Å². The zero-order valence-corrected chi connectivity index (χ0v) is 29.5. The number of methoxy groups -OCH3 is 1. The van der Waals surface area contributed by atoms with Gasteiger partial charge in [-0.1, -0.05) is 60.7 Å². The lowest BCUT2D eigenvalue weighted by Gasteiger charge is -2.42. The molecule has 1 fully saturated rings. The Balaban J connectivity index is 1.46. The van der Waals surface area contributed by atoms with Crippen LogP contribution in [0.1, 0.15) is 52.1 Å². The van der Waals surface area contributed by atoms with Gasteiger partial charge in [-0.3, -0.25) is 9.59 Å². The summed E-state index contributed by atoms with van der Waals surface area (Å²) in [5, 5.41) is -0.482. The molecule has 0 N–H and O–H groups in total. The van der Waals surface area contributed by atoms with Crippen molar-refractivity contribution in [2.45, 2.75) is 55.2 Å². The number of carbonyl (C=O) groups excluding carboxylic acids is 1. The SMILES string of the molecule is [2H]C([2H])(Sc1cc(=O)c2ccccc2n1C([2H])([2H])C(=O)N(C1CCN(C([2H])([2H])COC)CC1)C([2H])(C)c1ccc(-c2ccc(C(F)(F)F)cc2)cc1)c1cccc(F)c1F. The van der Waals surface area contributed by atoms with Gasteiger partial charge in [-0.15, -0.1) is 11.8 Å². The number of nitrogens with zero attached hydrogens (tertiary/aromatic N) is 3. The molecule has 0 saturated carbocycles. The molecule has 1 aromatic heterocycles. The number of halogens is 5. The number of fused-ring (bicyclic) bond motifs is 1. The van der Waals surface area contributed by atoms with Crippen molar-refractivity contribution in [1.29, 1.82) is 0 Å². The lowest BCUT2D eigenvalue weighted by Crippen LogP contribution is -2.49. The summed E-state index contributed by atoms with van der Waals surface area (Å²) < 4.78 is 138. The lowest BCUT2D eigenvalue weighted by atomic mass is 9.96. The predicted octanol–water partition coefficient (Wildman–Crippen LogP) is 8.96. The van der Waals surface area contributed by atoms with E-state index in [4.69, 9.17) is 10.2 Å². The summed E-state index contributed by atoms with van der Waals surface area (Å²) in [5.41, 5.74) is -4.04. The first kappa shape index (κ1) is 29.9. The van der Waals surface area contributed by atoms with Crippen LogP contribution in [-0.2, 0) is 27.9 Å². The van der Waals surface area contributed by atoms with Crippen LogP contribution in [0.3, 0.4) is 0 Å². The quantitative estimate of drug-likeness (QED) is 0.0941. The number of para-hydroxylation sites is 1. The topological polar surface area (TPSA) is 54.8 Å². The number of ether oxygens (including phenoxy) is 1. The largest absolute Gasteiger partial charge is 0.416 e. The molecule has 5 aromatic rings. The molecule has 1 saturated heterocycles. The van der Waals surface area contributed by atoms with Gasteiger partial charge in [-0.25, -0.2) is 8.78 Å². The monoisotopic (exact) mass is 756 g/mol. The van der Waals surface area contributed by atoms with E-state index in [2.05, 4.69) is 0 Å². The molecule has 2 heterocycles. The van der Waals surface area contributed by atoms with Gasteiger partial charge in [0.1, 0.15) is 6.50 Å². The molecule has 53 heavy (non-hydrogen) atoms. The van der Waals surface area contributed by atoms with Gasteiger partial charge in [0.15, 0.2) is 17.1 Å². The van der Waals surface area contributed by atoms with Crippen molar-refractivity contribution in [3.8, 4) is 11.1 Å². The predicted molar refractivity (Wildman–Crippen MR) is 198 cm³/mol. The third-order valence-corrected chi connectivity index (χ3v) is 9.83. The Bertz CT molecular complexity index is 2430. The molecule has 1 aliphatic heterocycles. The fourth-order valence-electron chi connectivity index (χ4n) is 6.20. The average molecular weight is 757 g/mol. The van der Waals surface area contributed by atoms with Gasteiger partial charge in [0.2, 0.25) is 5.91 Å². The first-order chi connectivity index (χ1) is 28.0. The molecule has 6 nitrogen and oxygen atoms in total. The highest BCUT2D eigenvalue weighted by atomic mass is 32.2. The van der Waals surface area contributed by atoms with Gasteiger partial charge < -0.3 is 19.1 Å². The van der Waals surface area contributed by atoms with Crippen LogP contribution in [0.15, 0.2) is 107 Å². The molecule has 1 unspecified atom stereocenters. The number of carbonyl (C=O) groups is 1. The van der Waals surface area contributed by atoms with E-state index in [1.165, 1.54) is 67.5 Å². The second-order valence-corrected chi connectivity index (χ2v) is 13.2. The number of pyridine rings is 1. The van der Waals surface area contributed by atoms with Crippen molar-refractivity contribution < 1.29 is 41.1 Å². The number of amides is 1. The van der Waals surface area contributed by atoms with Crippen molar-refractivity contribution >= 4 is 28.6 Å². The average Bonchev–Trinajstić information content (AvgIpc) is 3.18. The maximum absolute atomic E-state index is 15.2. The number of likely N-dealkylation sites (tertiary alicyclic amines) is 1. The number of alkyl halides is 3. The van der Waals surface area contributed by atoms with Gasteiger partial charge in [0.05, 0.1) is 32.8 Å². The molecule has 12 heteroatoms. The van der Waals surface area contributed by atoms with E-state index in [1.54, 1.807) is 12.1 Å². The van der Waals surface area contributed by atoms with Gasteiger partial charge in [-0.05, 0) is 66.8 Å². The van der Waals surface area contributed by atoms with Crippen LogP contribution in [0.4, 0.5) is 22.0 Å². The number of piperidine rings is 1. The number of benzene rings is 4. The summed E-state index contributed by atoms with van der Waals surface area (Å²) >= 11 is 0.192. The van der Waals surface area contributed by atoms with Crippen LogP contribution in [-0.4, -0.2) is 59.6 Å². The minimum Gasteiger partial charge on any atom is -0.383 e. The van der Waals surface area contributed by atoms with E-state index in [0.717, 1.165) is 45.9 Å². The van der Waals surface area contributed by atoms with Crippen LogP contribution < -0.4 is 5.43 Å². The molecule has 0 radical (unpaired) electrons. The van der Waals surface area contributed by atoms with Crippen LogP contribution in [0.25, 0.3) is 22.0 Å². The summed E-state index contributed by atoms with van der Waals surface area (Å²) in [6.45, 7) is -3.80. The number of hydrogen-bond acceptors (Lipinski definition) is 5. The standard InChI is InChI=1S/C41H40F5N3O3S/c1-27(28-10-12-29(13-11-28)30-14-16-32(17-15-30)41(44,45)46)49(33-18-20-47(21-19-33)22-23-52-2)38(51)25-48-36-9-4-3-7-34(36)37(50)24-39(48)53-26-31-6-5-8-35(42)40(31)43/h3-17,24,27,33H,18-23,25-26H2,1-2H3/i22D2,25D2,26D2,27D. The Morgan fingerprint density at radius 2 is 1.64 bits per heavy atom. The fourth-order valence-corrected chi connectivity index (χ4v) is 6.98. The van der Waals surface area contributed by atoms with Gasteiger partial charge in [-0.2, -0.15) is 13.2 Å². The number of aromatic nitrogens is 1. The fraction of sp³-hybridized carbons (Fsp3) is 0.317. The highest BCUT2D eigenvalue weighted by Crippen LogP contribution is 2.34. The van der Waals surface area contributed by atoms with Crippen molar-refractivity contribution in [3.05, 3.63) is 136 Å². The molecule has 278 valence electrons. The second kappa shape index (κ2) is 16.7. The van der Waals surface area contributed by atoms with E-state index in [1.807, 2.05) is 0 Å². The number of hydrogen-bond donors (Lipinski definition) is 0. The summed E-state index contributed by atoms with van der Waals surface area (Å²) in [4.78, 5) is 31.2. The molecule has 1 aliphatic rings. The smallest absolute Gasteiger partial charge is 0.383 e. The minimum atomic E-state index is -4.54. The van der Waals surface area contributed by atoms with E-state index < -0.39 is 76.1 Å². The van der Waals surface area contributed by atoms with Crippen LogP contribution in [0.5, 0.6) is 0 Å². The Labute approximate surface area is 319 Å². The molecule has 0 aliphatic carbocycles. The molecule has 1 amide bonds. The maximum atomic E-state index is 15.2. The van der Waals surface area contributed by atoms with Crippen LogP contribution >= 0.6 is 11.8 Å². The van der Waals surface area contributed by atoms with E-state index in [-0.39, 0.29) is 60.8 Å². The molecular weight excluding hydrogens is 710 g/mol. The van der Waals surface area contributed by atoms with E-state index in [9.17, 15) is 30.9 Å². The molecular formula is C41H40F5N3O3S. The first-order valence-corrected chi connectivity index (χ1v) is 17.5. The molecule has 0 spiro atoms.